The number of nitro groups is 1. The highest BCUT2D eigenvalue weighted by molar-refractivity contribution is 5.49. The average Bonchev–Trinajstić information content (AvgIpc) is 2.63. The molecule has 0 aliphatic heterocycles. The summed E-state index contributed by atoms with van der Waals surface area (Å²) in [6, 6.07) is 0. The van der Waals surface area contributed by atoms with Crippen molar-refractivity contribution < 1.29 is 9.72 Å². The summed E-state index contributed by atoms with van der Waals surface area (Å²) in [5.41, 5.74) is 0.151. The van der Waals surface area contributed by atoms with Crippen molar-refractivity contribution in [2.24, 2.45) is 0 Å². The molecule has 0 saturated heterocycles. The van der Waals surface area contributed by atoms with Crippen molar-refractivity contribution in [1.29, 1.82) is 0 Å². The fourth-order valence-corrected chi connectivity index (χ4v) is 2.20. The zero-order valence-corrected chi connectivity index (χ0v) is 16.0. The Morgan fingerprint density at radius 1 is 0.808 bits per heavy atom. The van der Waals surface area contributed by atoms with Crippen LogP contribution >= 0.6 is 0 Å². The first-order valence-corrected chi connectivity index (χ1v) is 9.59. The Labute approximate surface area is 158 Å². The van der Waals surface area contributed by atoms with Crippen molar-refractivity contribution >= 4 is 6.29 Å². The van der Waals surface area contributed by atoms with E-state index in [0.29, 0.717) is 19.3 Å². The van der Waals surface area contributed by atoms with Crippen LogP contribution < -0.4 is 0 Å². The lowest BCUT2D eigenvalue weighted by atomic mass is 10.2. The van der Waals surface area contributed by atoms with Gasteiger partial charge in [0.2, 0.25) is 5.70 Å². The van der Waals surface area contributed by atoms with Crippen LogP contribution in [0.1, 0.15) is 71.1 Å². The van der Waals surface area contributed by atoms with Gasteiger partial charge in [-0.1, -0.05) is 68.4 Å². The number of hydrogen-bond acceptors (Lipinski definition) is 3. The van der Waals surface area contributed by atoms with Gasteiger partial charge >= 0.3 is 0 Å². The number of nitrogens with zero attached hydrogens (tertiary/aromatic N) is 1. The third-order valence-electron chi connectivity index (χ3n) is 3.68. The Hall–Kier alpha value is -2.23. The Morgan fingerprint density at radius 3 is 1.92 bits per heavy atom. The highest BCUT2D eigenvalue weighted by atomic mass is 16.6. The Balaban J connectivity index is 3.83. The molecular weight excluding hydrogens is 326 g/mol. The third-order valence-corrected chi connectivity index (χ3v) is 3.68. The maximum absolute atomic E-state index is 10.9. The van der Waals surface area contributed by atoms with Gasteiger partial charge in [-0.2, -0.15) is 0 Å². The molecule has 0 aliphatic rings. The van der Waals surface area contributed by atoms with Gasteiger partial charge in [0.05, 0.1) is 11.3 Å². The van der Waals surface area contributed by atoms with Crippen molar-refractivity contribution in [2.45, 2.75) is 71.1 Å². The van der Waals surface area contributed by atoms with E-state index in [1.807, 2.05) is 6.08 Å². The molecule has 0 aromatic heterocycles. The van der Waals surface area contributed by atoms with Gasteiger partial charge < -0.3 is 4.79 Å². The second-order valence-corrected chi connectivity index (χ2v) is 5.99. The molecule has 0 heterocycles. The summed E-state index contributed by atoms with van der Waals surface area (Å²) in [6.45, 7) is 2.22. The standard InChI is InChI=1S/C22H33NO3/c1-2-3-4-5-6-7-8-9-10-11-12-13-14-15-16-19-22(23(25)26)20-17-18-21-24/h6-7,9-10,12-13,15-16,20-21H,2-5,8,11,14,17-19H2,1H3/b7-6-,10-9-,13-12-,16-15-,22-20+. The second kappa shape index (κ2) is 19.1. The molecule has 0 aromatic rings. The predicted molar refractivity (Wildman–Crippen MR) is 110 cm³/mol. The number of hydrogen-bond donors (Lipinski definition) is 0. The summed E-state index contributed by atoms with van der Waals surface area (Å²) in [4.78, 5) is 20.7. The largest absolute Gasteiger partial charge is 0.303 e. The predicted octanol–water partition coefficient (Wildman–Crippen LogP) is 6.49. The van der Waals surface area contributed by atoms with E-state index in [4.69, 9.17) is 0 Å². The van der Waals surface area contributed by atoms with Crippen LogP contribution in [-0.4, -0.2) is 11.2 Å². The van der Waals surface area contributed by atoms with E-state index in [1.54, 1.807) is 6.08 Å². The summed E-state index contributed by atoms with van der Waals surface area (Å²) in [7, 11) is 0. The van der Waals surface area contributed by atoms with E-state index in [9.17, 15) is 14.9 Å². The van der Waals surface area contributed by atoms with Gasteiger partial charge in [0.15, 0.2) is 0 Å². The quantitative estimate of drug-likeness (QED) is 0.104. The maximum Gasteiger partial charge on any atom is 0.246 e. The minimum absolute atomic E-state index is 0.151. The number of allylic oxidation sites excluding steroid dienone is 9. The molecule has 0 bridgehead atoms. The topological polar surface area (TPSA) is 60.2 Å². The number of aldehydes is 1. The van der Waals surface area contributed by atoms with E-state index in [0.717, 1.165) is 25.5 Å². The zero-order valence-electron chi connectivity index (χ0n) is 16.0. The molecule has 26 heavy (non-hydrogen) atoms. The van der Waals surface area contributed by atoms with Crippen LogP contribution in [0, 0.1) is 10.1 Å². The normalized spacial score (nSPS) is 12.9. The van der Waals surface area contributed by atoms with Crippen LogP contribution in [0.3, 0.4) is 0 Å². The summed E-state index contributed by atoms with van der Waals surface area (Å²) >= 11 is 0. The highest BCUT2D eigenvalue weighted by Gasteiger charge is 2.06. The van der Waals surface area contributed by atoms with Gasteiger partial charge in [-0.05, 0) is 44.6 Å². The van der Waals surface area contributed by atoms with Gasteiger partial charge in [0.25, 0.3) is 0 Å². The van der Waals surface area contributed by atoms with E-state index in [1.165, 1.54) is 31.8 Å². The summed E-state index contributed by atoms with van der Waals surface area (Å²) < 4.78 is 0. The van der Waals surface area contributed by atoms with Crippen molar-refractivity contribution in [3.63, 3.8) is 0 Å². The van der Waals surface area contributed by atoms with Crippen molar-refractivity contribution in [3.05, 3.63) is 70.5 Å². The van der Waals surface area contributed by atoms with Crippen molar-refractivity contribution in [2.75, 3.05) is 0 Å². The second-order valence-electron chi connectivity index (χ2n) is 5.99. The molecule has 0 atom stereocenters. The number of rotatable bonds is 16. The molecule has 0 rings (SSSR count). The molecule has 0 spiro atoms. The number of carbonyl (C=O) groups excluding carboxylic acids is 1. The molecule has 0 aromatic carbocycles. The van der Waals surface area contributed by atoms with Gasteiger partial charge in [-0.15, -0.1) is 0 Å². The molecule has 144 valence electrons. The molecule has 0 unspecified atom stereocenters. The van der Waals surface area contributed by atoms with Crippen LogP contribution in [0.15, 0.2) is 60.4 Å². The lowest BCUT2D eigenvalue weighted by Gasteiger charge is -1.93. The molecule has 0 amide bonds. The Morgan fingerprint density at radius 2 is 1.38 bits per heavy atom. The first kappa shape index (κ1) is 23.8. The lowest BCUT2D eigenvalue weighted by molar-refractivity contribution is -0.427. The van der Waals surface area contributed by atoms with E-state index in [-0.39, 0.29) is 10.6 Å². The zero-order chi connectivity index (χ0) is 19.3. The van der Waals surface area contributed by atoms with E-state index >= 15 is 0 Å². The van der Waals surface area contributed by atoms with Gasteiger partial charge in [0.1, 0.15) is 6.29 Å². The average molecular weight is 360 g/mol. The summed E-state index contributed by atoms with van der Waals surface area (Å²) in [6.07, 6.45) is 27.7. The number of unbranched alkanes of at least 4 members (excludes halogenated alkanes) is 4. The van der Waals surface area contributed by atoms with Gasteiger partial charge in [0, 0.05) is 6.42 Å². The third kappa shape index (κ3) is 16.6. The van der Waals surface area contributed by atoms with Crippen molar-refractivity contribution in [3.8, 4) is 0 Å². The highest BCUT2D eigenvalue weighted by Crippen LogP contribution is 2.06. The van der Waals surface area contributed by atoms with Crippen LogP contribution in [0.25, 0.3) is 0 Å². The molecule has 0 aliphatic carbocycles. The number of carbonyl (C=O) groups is 1. The molecule has 0 N–H and O–H groups in total. The summed E-state index contributed by atoms with van der Waals surface area (Å²) in [5.74, 6) is 0. The Kier molecular flexibility index (Phi) is 17.5. The van der Waals surface area contributed by atoms with Crippen molar-refractivity contribution in [1.82, 2.24) is 0 Å². The molecule has 0 saturated carbocycles. The lowest BCUT2D eigenvalue weighted by Crippen LogP contribution is -1.97. The minimum atomic E-state index is -0.381. The first-order valence-electron chi connectivity index (χ1n) is 9.59. The maximum atomic E-state index is 10.9. The summed E-state index contributed by atoms with van der Waals surface area (Å²) in [5, 5.41) is 10.9. The Bertz CT molecular complexity index is 513. The van der Waals surface area contributed by atoms with Gasteiger partial charge in [-0.3, -0.25) is 10.1 Å². The van der Waals surface area contributed by atoms with E-state index in [2.05, 4.69) is 43.4 Å². The van der Waals surface area contributed by atoms with Gasteiger partial charge in [-0.25, -0.2) is 0 Å². The molecule has 4 heteroatoms. The minimum Gasteiger partial charge on any atom is -0.303 e. The van der Waals surface area contributed by atoms with Crippen LogP contribution in [0.5, 0.6) is 0 Å². The fourth-order valence-electron chi connectivity index (χ4n) is 2.20. The van der Waals surface area contributed by atoms with Crippen LogP contribution in [0.4, 0.5) is 0 Å². The fraction of sp³-hybridized carbons (Fsp3) is 0.500. The van der Waals surface area contributed by atoms with E-state index < -0.39 is 0 Å². The van der Waals surface area contributed by atoms with Crippen LogP contribution in [0.2, 0.25) is 0 Å². The molecular formula is C22H33NO3. The SMILES string of the molecule is CCCCC/C=C\C/C=C\C/C=C\C/C=C\C/C(=C\CCC=O)[N+](=O)[O-]. The molecule has 4 nitrogen and oxygen atoms in total. The molecule has 0 radical (unpaired) electrons. The first-order chi connectivity index (χ1) is 12.7. The monoisotopic (exact) mass is 359 g/mol. The van der Waals surface area contributed by atoms with Crippen LogP contribution in [-0.2, 0) is 4.79 Å². The molecule has 0 fully saturated rings. The smallest absolute Gasteiger partial charge is 0.246 e.